The molecular formula is C21H28O4. The topological polar surface area (TPSA) is 63.6 Å². The Bertz CT molecular complexity index is 640. The third-order valence-corrected chi connectivity index (χ3v) is 5.55. The number of rotatable bonds is 5. The van der Waals surface area contributed by atoms with E-state index in [0.29, 0.717) is 12.3 Å². The molecule has 0 aromatic rings. The molecule has 1 N–H and O–H groups in total. The molecule has 2 aliphatic rings. The number of esters is 1. The maximum atomic E-state index is 12.1. The number of ketones is 1. The minimum absolute atomic E-state index is 0.0282. The predicted octanol–water partition coefficient (Wildman–Crippen LogP) is 3.53. The van der Waals surface area contributed by atoms with E-state index < -0.39 is 12.1 Å². The van der Waals surface area contributed by atoms with Crippen LogP contribution in [0, 0.1) is 17.3 Å². The highest BCUT2D eigenvalue weighted by Crippen LogP contribution is 2.48. The van der Waals surface area contributed by atoms with Crippen molar-refractivity contribution >= 4 is 11.8 Å². The fourth-order valence-electron chi connectivity index (χ4n) is 3.29. The molecule has 0 aliphatic heterocycles. The van der Waals surface area contributed by atoms with Crippen molar-refractivity contribution in [3.8, 4) is 0 Å². The number of hydrogen-bond donors (Lipinski definition) is 1. The number of carbonyl (C=O) groups is 2. The van der Waals surface area contributed by atoms with Gasteiger partial charge in [-0.3, -0.25) is 4.79 Å². The molecule has 136 valence electrons. The second kappa shape index (κ2) is 7.96. The summed E-state index contributed by atoms with van der Waals surface area (Å²) in [4.78, 5) is 23.8. The maximum absolute atomic E-state index is 12.1. The monoisotopic (exact) mass is 344 g/mol. The SMILES string of the molecule is CC[C@@H](C)/C=C/C=C/C(=O)O[C@H]1C=CC2=CC(=O)[C@H](O)C[C@]2(C)[C@H]1C. The van der Waals surface area contributed by atoms with E-state index in [1.54, 1.807) is 6.08 Å². The number of aliphatic hydroxyl groups excluding tert-OH is 1. The Morgan fingerprint density at radius 2 is 2.20 bits per heavy atom. The number of aliphatic hydroxyl groups is 1. The molecule has 0 aromatic heterocycles. The fraction of sp³-hybridized carbons (Fsp3) is 0.524. The van der Waals surface area contributed by atoms with E-state index in [4.69, 9.17) is 4.74 Å². The molecule has 0 heterocycles. The van der Waals surface area contributed by atoms with Crippen molar-refractivity contribution in [2.75, 3.05) is 0 Å². The van der Waals surface area contributed by atoms with Gasteiger partial charge in [-0.05, 0) is 30.1 Å². The molecule has 0 amide bonds. The molecule has 25 heavy (non-hydrogen) atoms. The highest BCUT2D eigenvalue weighted by molar-refractivity contribution is 5.96. The standard InChI is InChI=1S/C21H28O4/c1-5-14(2)8-6-7-9-20(24)25-19-11-10-16-12-17(22)18(23)13-21(16,4)15(19)3/h6-12,14-15,18-19,23H,5,13H2,1-4H3/b8-6+,9-7+/t14-,15+,18-,19+,21-/m1/s1. The minimum atomic E-state index is -0.982. The van der Waals surface area contributed by atoms with Crippen molar-refractivity contribution in [2.45, 2.75) is 52.7 Å². The van der Waals surface area contributed by atoms with Gasteiger partial charge < -0.3 is 9.84 Å². The predicted molar refractivity (Wildman–Crippen MR) is 97.7 cm³/mol. The molecule has 2 aliphatic carbocycles. The van der Waals surface area contributed by atoms with Crippen LogP contribution in [0.2, 0.25) is 0 Å². The largest absolute Gasteiger partial charge is 0.455 e. The first-order chi connectivity index (χ1) is 11.8. The molecule has 5 atom stereocenters. The summed E-state index contributed by atoms with van der Waals surface area (Å²) in [6.07, 6.45) is 12.3. The third-order valence-electron chi connectivity index (χ3n) is 5.55. The van der Waals surface area contributed by atoms with Crippen LogP contribution in [0.5, 0.6) is 0 Å². The number of ether oxygens (including phenoxy) is 1. The van der Waals surface area contributed by atoms with Gasteiger partial charge in [0, 0.05) is 17.4 Å². The van der Waals surface area contributed by atoms with Crippen molar-refractivity contribution in [3.63, 3.8) is 0 Å². The van der Waals surface area contributed by atoms with Gasteiger partial charge in [0.1, 0.15) is 12.2 Å². The molecule has 0 saturated carbocycles. The molecule has 2 rings (SSSR count). The van der Waals surface area contributed by atoms with Gasteiger partial charge in [-0.2, -0.15) is 0 Å². The summed E-state index contributed by atoms with van der Waals surface area (Å²) in [5.74, 6) is -0.193. The summed E-state index contributed by atoms with van der Waals surface area (Å²) in [5.41, 5.74) is 0.516. The van der Waals surface area contributed by atoms with Crippen LogP contribution in [-0.4, -0.2) is 29.1 Å². The van der Waals surface area contributed by atoms with Crippen molar-refractivity contribution in [3.05, 3.63) is 48.1 Å². The molecule has 0 unspecified atom stereocenters. The van der Waals surface area contributed by atoms with E-state index >= 15 is 0 Å². The maximum Gasteiger partial charge on any atom is 0.331 e. The summed E-state index contributed by atoms with van der Waals surface area (Å²) in [5, 5.41) is 9.93. The lowest BCUT2D eigenvalue weighted by Crippen LogP contribution is -2.45. The molecule has 0 bridgehead atoms. The molecule has 4 heteroatoms. The van der Waals surface area contributed by atoms with Crippen LogP contribution in [0.3, 0.4) is 0 Å². The molecule has 0 spiro atoms. The lowest BCUT2D eigenvalue weighted by molar-refractivity contribution is -0.145. The van der Waals surface area contributed by atoms with Crippen LogP contribution < -0.4 is 0 Å². The van der Waals surface area contributed by atoms with E-state index in [0.717, 1.165) is 12.0 Å². The zero-order chi connectivity index (χ0) is 18.6. The molecular weight excluding hydrogens is 316 g/mol. The lowest BCUT2D eigenvalue weighted by atomic mass is 9.61. The number of fused-ring (bicyclic) bond motifs is 1. The summed E-state index contributed by atoms with van der Waals surface area (Å²) >= 11 is 0. The first-order valence-electron chi connectivity index (χ1n) is 8.95. The van der Waals surface area contributed by atoms with Gasteiger partial charge >= 0.3 is 5.97 Å². The van der Waals surface area contributed by atoms with Gasteiger partial charge in [0.25, 0.3) is 0 Å². The molecule has 0 aromatic carbocycles. The third kappa shape index (κ3) is 4.37. The summed E-state index contributed by atoms with van der Waals surface area (Å²) in [6, 6.07) is 0. The summed E-state index contributed by atoms with van der Waals surface area (Å²) in [6.45, 7) is 8.23. The molecule has 0 fully saturated rings. The molecule has 0 radical (unpaired) electrons. The van der Waals surface area contributed by atoms with E-state index in [1.165, 1.54) is 12.2 Å². The van der Waals surface area contributed by atoms with E-state index in [1.807, 2.05) is 38.2 Å². The van der Waals surface area contributed by atoms with Gasteiger partial charge in [0.15, 0.2) is 5.78 Å². The minimum Gasteiger partial charge on any atom is -0.455 e. The fourth-order valence-corrected chi connectivity index (χ4v) is 3.29. The lowest BCUT2D eigenvalue weighted by Gasteiger charge is -2.45. The Morgan fingerprint density at radius 3 is 2.88 bits per heavy atom. The first kappa shape index (κ1) is 19.4. The molecule has 4 nitrogen and oxygen atoms in total. The van der Waals surface area contributed by atoms with Crippen LogP contribution in [0.25, 0.3) is 0 Å². The zero-order valence-electron chi connectivity index (χ0n) is 15.4. The van der Waals surface area contributed by atoms with Crippen molar-refractivity contribution in [1.82, 2.24) is 0 Å². The van der Waals surface area contributed by atoms with E-state index in [2.05, 4.69) is 13.8 Å². The second-order valence-corrected chi connectivity index (χ2v) is 7.32. The smallest absolute Gasteiger partial charge is 0.331 e. The van der Waals surface area contributed by atoms with Crippen molar-refractivity contribution in [2.24, 2.45) is 17.3 Å². The number of allylic oxidation sites excluding steroid dienone is 5. The summed E-state index contributed by atoms with van der Waals surface area (Å²) in [7, 11) is 0. The van der Waals surface area contributed by atoms with Crippen LogP contribution in [-0.2, 0) is 14.3 Å². The van der Waals surface area contributed by atoms with Crippen molar-refractivity contribution in [1.29, 1.82) is 0 Å². The second-order valence-electron chi connectivity index (χ2n) is 7.32. The van der Waals surface area contributed by atoms with Crippen LogP contribution >= 0.6 is 0 Å². The van der Waals surface area contributed by atoms with Gasteiger partial charge in [-0.25, -0.2) is 4.79 Å². The van der Waals surface area contributed by atoms with Gasteiger partial charge in [-0.15, -0.1) is 0 Å². The zero-order valence-corrected chi connectivity index (χ0v) is 15.4. The van der Waals surface area contributed by atoms with Crippen molar-refractivity contribution < 1.29 is 19.4 Å². The van der Waals surface area contributed by atoms with Gasteiger partial charge in [0.05, 0.1) is 0 Å². The highest BCUT2D eigenvalue weighted by Gasteiger charge is 2.46. The average Bonchev–Trinajstić information content (AvgIpc) is 2.57. The first-order valence-corrected chi connectivity index (χ1v) is 8.95. The Balaban J connectivity index is 2.05. The Kier molecular flexibility index (Phi) is 6.17. The Labute approximate surface area is 149 Å². The van der Waals surface area contributed by atoms with E-state index in [9.17, 15) is 14.7 Å². The number of carbonyl (C=O) groups excluding carboxylic acids is 2. The van der Waals surface area contributed by atoms with Crippen LogP contribution in [0.15, 0.2) is 48.1 Å². The highest BCUT2D eigenvalue weighted by atomic mass is 16.5. The average molecular weight is 344 g/mol. The normalized spacial score (nSPS) is 33.4. The summed E-state index contributed by atoms with van der Waals surface area (Å²) < 4.78 is 5.57. The van der Waals surface area contributed by atoms with Crippen LogP contribution in [0.4, 0.5) is 0 Å². The van der Waals surface area contributed by atoms with E-state index in [-0.39, 0.29) is 23.2 Å². The quantitative estimate of drug-likeness (QED) is 0.471. The Hall–Kier alpha value is -1.94. The Morgan fingerprint density at radius 1 is 1.48 bits per heavy atom. The van der Waals surface area contributed by atoms with Gasteiger partial charge in [0.2, 0.25) is 0 Å². The number of hydrogen-bond acceptors (Lipinski definition) is 4. The van der Waals surface area contributed by atoms with Crippen LogP contribution in [0.1, 0.15) is 40.5 Å². The molecule has 0 saturated heterocycles. The van der Waals surface area contributed by atoms with Gasteiger partial charge in [-0.1, -0.05) is 58.4 Å².